The fourth-order valence-electron chi connectivity index (χ4n) is 3.01. The molecule has 0 aliphatic heterocycles. The van der Waals surface area contributed by atoms with Crippen LogP contribution >= 0.6 is 34.2 Å². The van der Waals surface area contributed by atoms with Crippen molar-refractivity contribution in [3.63, 3.8) is 0 Å². The molecule has 32 heavy (non-hydrogen) atoms. The van der Waals surface area contributed by atoms with Crippen LogP contribution in [0.4, 0.5) is 0 Å². The zero-order chi connectivity index (χ0) is 22.9. The molecule has 3 rings (SSSR count). The van der Waals surface area contributed by atoms with Crippen molar-refractivity contribution in [2.24, 2.45) is 0 Å². The van der Waals surface area contributed by atoms with Crippen LogP contribution in [-0.4, -0.2) is 23.2 Å². The van der Waals surface area contributed by atoms with Gasteiger partial charge in [-0.05, 0) is 58.8 Å². The number of aliphatic hydroxyl groups excluding tert-OH is 1. The summed E-state index contributed by atoms with van der Waals surface area (Å²) in [6.07, 6.45) is 3.17. The second-order valence-electron chi connectivity index (χ2n) is 7.09. The Morgan fingerprint density at radius 1 is 1.12 bits per heavy atom. The Balaban J connectivity index is 1.81. The van der Waals surface area contributed by atoms with Gasteiger partial charge in [0.2, 0.25) is 0 Å². The zero-order valence-corrected chi connectivity index (χ0v) is 20.5. The van der Waals surface area contributed by atoms with Gasteiger partial charge in [0.05, 0.1) is 17.2 Å². The van der Waals surface area contributed by atoms with Gasteiger partial charge in [0, 0.05) is 46.2 Å². The molecule has 0 radical (unpaired) electrons. The molecular weight excluding hydrogens is 541 g/mol. The molecule has 2 aromatic carbocycles. The van der Waals surface area contributed by atoms with E-state index in [0.717, 1.165) is 16.7 Å². The summed E-state index contributed by atoms with van der Waals surface area (Å²) in [7, 11) is 0. The van der Waals surface area contributed by atoms with Crippen molar-refractivity contribution >= 4 is 34.2 Å². The Morgan fingerprint density at radius 3 is 2.72 bits per heavy atom. The molecule has 3 aromatic rings. The number of ether oxygens (including phenoxy) is 2. The highest BCUT2D eigenvalue weighted by molar-refractivity contribution is 14.1. The van der Waals surface area contributed by atoms with E-state index in [4.69, 9.17) is 31.4 Å². The minimum Gasteiger partial charge on any atom is -0.488 e. The van der Waals surface area contributed by atoms with Gasteiger partial charge < -0.3 is 19.9 Å². The number of aromatic nitrogens is 1. The third kappa shape index (κ3) is 6.56. The number of halogens is 2. The first-order valence-electron chi connectivity index (χ1n) is 9.99. The highest BCUT2D eigenvalue weighted by Crippen LogP contribution is 2.34. The number of nitriles is 1. The fourth-order valence-corrected chi connectivity index (χ4v) is 3.81. The quantitative estimate of drug-likeness (QED) is 0.273. The van der Waals surface area contributed by atoms with Crippen LogP contribution in [0.1, 0.15) is 27.8 Å². The van der Waals surface area contributed by atoms with Gasteiger partial charge >= 0.3 is 0 Å². The third-order valence-corrected chi connectivity index (χ3v) is 6.26. The lowest BCUT2D eigenvalue weighted by Crippen LogP contribution is -2.18. The van der Waals surface area contributed by atoms with Gasteiger partial charge in [-0.25, -0.2) is 0 Å². The zero-order valence-electron chi connectivity index (χ0n) is 17.6. The number of rotatable bonds is 10. The number of nitrogens with one attached hydrogen (secondary N) is 1. The summed E-state index contributed by atoms with van der Waals surface area (Å²) in [4.78, 5) is 4.07. The summed E-state index contributed by atoms with van der Waals surface area (Å²) in [5, 5.41) is 21.8. The molecule has 0 aliphatic rings. The highest BCUT2D eigenvalue weighted by Gasteiger charge is 2.13. The number of aliphatic hydroxyl groups is 1. The van der Waals surface area contributed by atoms with E-state index >= 15 is 0 Å². The van der Waals surface area contributed by atoms with E-state index in [1.54, 1.807) is 18.3 Å². The van der Waals surface area contributed by atoms with Crippen LogP contribution in [0.15, 0.2) is 48.8 Å². The molecule has 0 atom stereocenters. The summed E-state index contributed by atoms with van der Waals surface area (Å²) in [5.41, 5.74) is 4.36. The SMILES string of the molecule is Cc1c(I)cccc1COc1cc(OCc2cncc(C#N)c2)c(CNCCO)cc1Cl. The molecule has 2 N–H and O–H groups in total. The summed E-state index contributed by atoms with van der Waals surface area (Å²) >= 11 is 8.81. The van der Waals surface area contributed by atoms with Crippen molar-refractivity contribution in [3.8, 4) is 17.6 Å². The maximum absolute atomic E-state index is 9.08. The molecule has 1 aromatic heterocycles. The molecule has 6 nitrogen and oxygen atoms in total. The van der Waals surface area contributed by atoms with Crippen molar-refractivity contribution in [2.45, 2.75) is 26.7 Å². The van der Waals surface area contributed by atoms with Crippen LogP contribution in [0.25, 0.3) is 0 Å². The monoisotopic (exact) mass is 563 g/mol. The second-order valence-corrected chi connectivity index (χ2v) is 8.66. The second kappa shape index (κ2) is 12.0. The molecule has 166 valence electrons. The van der Waals surface area contributed by atoms with Gasteiger partial charge in [-0.15, -0.1) is 0 Å². The Bertz CT molecular complexity index is 1120. The van der Waals surface area contributed by atoms with Crippen molar-refractivity contribution < 1.29 is 14.6 Å². The average Bonchev–Trinajstić information content (AvgIpc) is 2.80. The van der Waals surface area contributed by atoms with Gasteiger partial charge in [-0.1, -0.05) is 23.7 Å². The molecular formula is C24H23ClIN3O3. The Kier molecular flexibility index (Phi) is 9.11. The normalized spacial score (nSPS) is 10.6. The largest absolute Gasteiger partial charge is 0.488 e. The van der Waals surface area contributed by atoms with E-state index in [2.05, 4.69) is 52.0 Å². The van der Waals surface area contributed by atoms with Gasteiger partial charge in [0.1, 0.15) is 30.8 Å². The van der Waals surface area contributed by atoms with Crippen LogP contribution in [0.2, 0.25) is 5.02 Å². The lowest BCUT2D eigenvalue weighted by Gasteiger charge is -2.17. The lowest BCUT2D eigenvalue weighted by molar-refractivity contribution is 0.282. The van der Waals surface area contributed by atoms with E-state index in [-0.39, 0.29) is 13.2 Å². The molecule has 0 bridgehead atoms. The van der Waals surface area contributed by atoms with Crippen LogP contribution in [0, 0.1) is 21.8 Å². The Labute approximate surface area is 206 Å². The fraction of sp³-hybridized carbons (Fsp3) is 0.250. The van der Waals surface area contributed by atoms with Crippen LogP contribution in [0.5, 0.6) is 11.5 Å². The van der Waals surface area contributed by atoms with Crippen LogP contribution < -0.4 is 14.8 Å². The molecule has 0 spiro atoms. The van der Waals surface area contributed by atoms with E-state index in [1.807, 2.05) is 18.2 Å². The smallest absolute Gasteiger partial charge is 0.142 e. The van der Waals surface area contributed by atoms with Crippen molar-refractivity contribution in [2.75, 3.05) is 13.2 Å². The molecule has 0 unspecified atom stereocenters. The number of benzene rings is 2. The number of pyridine rings is 1. The molecule has 0 amide bonds. The average molecular weight is 564 g/mol. The molecule has 0 saturated heterocycles. The Hall–Kier alpha value is -2.38. The molecule has 0 saturated carbocycles. The van der Waals surface area contributed by atoms with Crippen LogP contribution in [0.3, 0.4) is 0 Å². The van der Waals surface area contributed by atoms with E-state index in [0.29, 0.717) is 41.8 Å². The maximum atomic E-state index is 9.08. The molecule has 1 heterocycles. The lowest BCUT2D eigenvalue weighted by atomic mass is 10.1. The minimum absolute atomic E-state index is 0.0347. The number of hydrogen-bond acceptors (Lipinski definition) is 6. The van der Waals surface area contributed by atoms with Crippen molar-refractivity contribution in [1.82, 2.24) is 10.3 Å². The predicted octanol–water partition coefficient (Wildman–Crippen LogP) is 4.76. The van der Waals surface area contributed by atoms with Gasteiger partial charge in [-0.2, -0.15) is 5.26 Å². The highest BCUT2D eigenvalue weighted by atomic mass is 127. The first-order valence-corrected chi connectivity index (χ1v) is 11.4. The van der Waals surface area contributed by atoms with Crippen molar-refractivity contribution in [3.05, 3.63) is 85.2 Å². The first-order chi connectivity index (χ1) is 15.5. The summed E-state index contributed by atoms with van der Waals surface area (Å²) in [6.45, 7) is 3.66. The van der Waals surface area contributed by atoms with E-state index < -0.39 is 0 Å². The predicted molar refractivity (Wildman–Crippen MR) is 132 cm³/mol. The third-order valence-electron chi connectivity index (χ3n) is 4.80. The topological polar surface area (TPSA) is 87.4 Å². The van der Waals surface area contributed by atoms with Crippen LogP contribution in [-0.2, 0) is 19.8 Å². The first kappa shape index (κ1) is 24.3. The van der Waals surface area contributed by atoms with Gasteiger partial charge in [-0.3, -0.25) is 4.98 Å². The molecule has 0 fully saturated rings. The van der Waals surface area contributed by atoms with E-state index in [9.17, 15) is 0 Å². The number of nitrogens with zero attached hydrogens (tertiary/aromatic N) is 2. The summed E-state index contributed by atoms with van der Waals surface area (Å²) in [5.74, 6) is 1.13. The summed E-state index contributed by atoms with van der Waals surface area (Å²) < 4.78 is 13.3. The standard InChI is InChI=1S/C24H23ClIN3O3/c1-16-19(3-2-4-22(16)26)15-32-24-9-23(20(8-21(24)25)13-28-5-6-30)31-14-18-7-17(10-27)11-29-12-18/h2-4,7-9,11-12,28,30H,5-6,13-15H2,1H3. The van der Waals surface area contributed by atoms with Gasteiger partial charge in [0.25, 0.3) is 0 Å². The van der Waals surface area contributed by atoms with Gasteiger partial charge in [0.15, 0.2) is 0 Å². The number of hydrogen-bond donors (Lipinski definition) is 2. The Morgan fingerprint density at radius 2 is 1.94 bits per heavy atom. The van der Waals surface area contributed by atoms with E-state index in [1.165, 1.54) is 15.3 Å². The maximum Gasteiger partial charge on any atom is 0.142 e. The minimum atomic E-state index is 0.0347. The molecule has 8 heteroatoms. The van der Waals surface area contributed by atoms with Crippen molar-refractivity contribution in [1.29, 1.82) is 5.26 Å². The summed E-state index contributed by atoms with van der Waals surface area (Å²) in [6, 6.07) is 13.5. The molecule has 0 aliphatic carbocycles.